The van der Waals surface area contributed by atoms with E-state index in [1.165, 1.54) is 50.9 Å². The summed E-state index contributed by atoms with van der Waals surface area (Å²) >= 11 is 0. The van der Waals surface area contributed by atoms with Crippen molar-refractivity contribution in [3.8, 4) is 0 Å². The van der Waals surface area contributed by atoms with Crippen LogP contribution in [0.3, 0.4) is 0 Å². The summed E-state index contributed by atoms with van der Waals surface area (Å²) in [6, 6.07) is 10.9. The molecule has 2 N–H and O–H groups in total. The summed E-state index contributed by atoms with van der Waals surface area (Å²) in [5.41, 5.74) is 1.73. The Morgan fingerprint density at radius 3 is 2.68 bits per heavy atom. The van der Waals surface area contributed by atoms with Crippen molar-refractivity contribution in [1.82, 2.24) is 15.5 Å². The zero-order valence-corrected chi connectivity index (χ0v) is 15.9. The second-order valence-electron chi connectivity index (χ2n) is 7.68. The summed E-state index contributed by atoms with van der Waals surface area (Å²) in [5.74, 6) is 1.73. The highest BCUT2D eigenvalue weighted by Gasteiger charge is 2.44. The van der Waals surface area contributed by atoms with Gasteiger partial charge in [-0.15, -0.1) is 0 Å². The van der Waals surface area contributed by atoms with Crippen LogP contribution in [0.1, 0.15) is 45.1 Å². The molecular weight excluding hydrogens is 308 g/mol. The van der Waals surface area contributed by atoms with Gasteiger partial charge >= 0.3 is 0 Å². The Hall–Kier alpha value is -1.55. The van der Waals surface area contributed by atoms with E-state index in [0.29, 0.717) is 0 Å². The minimum absolute atomic E-state index is 0.287. The molecule has 2 fully saturated rings. The fraction of sp³-hybridized carbons (Fsp3) is 0.667. The molecule has 25 heavy (non-hydrogen) atoms. The molecule has 1 atom stereocenters. The number of benzene rings is 1. The van der Waals surface area contributed by atoms with Gasteiger partial charge in [0, 0.05) is 25.0 Å². The van der Waals surface area contributed by atoms with Crippen LogP contribution in [0.25, 0.3) is 0 Å². The van der Waals surface area contributed by atoms with Gasteiger partial charge in [0.2, 0.25) is 0 Å². The zero-order chi connectivity index (χ0) is 17.5. The molecule has 0 radical (unpaired) electrons. The molecule has 4 nitrogen and oxygen atoms in total. The average molecular weight is 343 g/mol. The third-order valence-electron chi connectivity index (χ3n) is 5.59. The quantitative estimate of drug-likeness (QED) is 0.563. The largest absolute Gasteiger partial charge is 0.357 e. The number of hydrogen-bond donors (Lipinski definition) is 2. The fourth-order valence-electron chi connectivity index (χ4n) is 3.89. The number of likely N-dealkylation sites (tertiary alicyclic amines) is 1. The van der Waals surface area contributed by atoms with Crippen LogP contribution in [0.4, 0.5) is 0 Å². The van der Waals surface area contributed by atoms with Gasteiger partial charge in [0.15, 0.2) is 5.96 Å². The Labute approximate surface area is 153 Å². The van der Waals surface area contributed by atoms with E-state index in [9.17, 15) is 0 Å². The standard InChI is InChI=1S/C21H34N4/c1-3-13-25-14-10-18(16-25)15-23-20(22-4-2)24-17-21(11-12-21)19-8-6-5-7-9-19/h5-9,18H,3-4,10-17H2,1-2H3,(H2,22,23,24). The van der Waals surface area contributed by atoms with E-state index < -0.39 is 0 Å². The summed E-state index contributed by atoms with van der Waals surface area (Å²) < 4.78 is 0. The van der Waals surface area contributed by atoms with E-state index in [4.69, 9.17) is 4.99 Å². The maximum absolute atomic E-state index is 4.92. The maximum Gasteiger partial charge on any atom is 0.191 e. The van der Waals surface area contributed by atoms with Crippen molar-refractivity contribution in [2.75, 3.05) is 39.3 Å². The first-order chi connectivity index (χ1) is 12.3. The average Bonchev–Trinajstić information content (AvgIpc) is 3.31. The molecule has 1 aromatic rings. The van der Waals surface area contributed by atoms with Gasteiger partial charge in [-0.1, -0.05) is 37.3 Å². The Morgan fingerprint density at radius 2 is 2.00 bits per heavy atom. The van der Waals surface area contributed by atoms with Gasteiger partial charge in [-0.3, -0.25) is 4.99 Å². The lowest BCUT2D eigenvalue weighted by Gasteiger charge is -2.18. The summed E-state index contributed by atoms with van der Waals surface area (Å²) in [4.78, 5) is 7.51. The molecule has 0 amide bonds. The predicted octanol–water partition coefficient (Wildman–Crippen LogP) is 3.01. The first-order valence-electron chi connectivity index (χ1n) is 10.1. The molecule has 1 aliphatic heterocycles. The second kappa shape index (κ2) is 8.70. The van der Waals surface area contributed by atoms with E-state index in [2.05, 4.69) is 59.7 Å². The highest BCUT2D eigenvalue weighted by atomic mass is 15.2. The Balaban J connectivity index is 1.52. The van der Waals surface area contributed by atoms with Crippen LogP contribution in [0.5, 0.6) is 0 Å². The number of nitrogens with one attached hydrogen (secondary N) is 2. The lowest BCUT2D eigenvalue weighted by Crippen LogP contribution is -2.40. The van der Waals surface area contributed by atoms with E-state index in [-0.39, 0.29) is 5.41 Å². The molecule has 0 bridgehead atoms. The summed E-state index contributed by atoms with van der Waals surface area (Å²) in [6.07, 6.45) is 5.08. The van der Waals surface area contributed by atoms with E-state index >= 15 is 0 Å². The Kier molecular flexibility index (Phi) is 6.35. The van der Waals surface area contributed by atoms with Crippen LogP contribution >= 0.6 is 0 Å². The van der Waals surface area contributed by atoms with Crippen molar-refractivity contribution in [3.05, 3.63) is 35.9 Å². The van der Waals surface area contributed by atoms with Crippen molar-refractivity contribution in [3.63, 3.8) is 0 Å². The molecule has 1 aromatic carbocycles. The van der Waals surface area contributed by atoms with Crippen molar-refractivity contribution < 1.29 is 0 Å². The van der Waals surface area contributed by atoms with E-state index in [1.807, 2.05) is 0 Å². The zero-order valence-electron chi connectivity index (χ0n) is 15.9. The number of aliphatic imine (C=N–C) groups is 1. The van der Waals surface area contributed by atoms with Gasteiger partial charge in [-0.25, -0.2) is 0 Å². The number of rotatable bonds is 8. The van der Waals surface area contributed by atoms with Crippen molar-refractivity contribution >= 4 is 5.96 Å². The van der Waals surface area contributed by atoms with Gasteiger partial charge in [-0.2, -0.15) is 0 Å². The van der Waals surface area contributed by atoms with Gasteiger partial charge in [0.25, 0.3) is 0 Å². The first-order valence-corrected chi connectivity index (χ1v) is 10.1. The minimum atomic E-state index is 0.287. The second-order valence-corrected chi connectivity index (χ2v) is 7.68. The van der Waals surface area contributed by atoms with Gasteiger partial charge in [0.05, 0.1) is 6.54 Å². The molecule has 2 aliphatic rings. The smallest absolute Gasteiger partial charge is 0.191 e. The summed E-state index contributed by atoms with van der Waals surface area (Å²) in [7, 11) is 0. The fourth-order valence-corrected chi connectivity index (χ4v) is 3.89. The molecule has 0 aromatic heterocycles. The predicted molar refractivity (Wildman–Crippen MR) is 106 cm³/mol. The molecule has 1 saturated heterocycles. The SMILES string of the molecule is CCCN1CCC(CNC(=NCC2(c3ccccc3)CC2)NCC)C1. The van der Waals surface area contributed by atoms with Crippen LogP contribution in [-0.4, -0.2) is 50.1 Å². The lowest BCUT2D eigenvalue weighted by atomic mass is 9.96. The van der Waals surface area contributed by atoms with E-state index in [1.54, 1.807) is 0 Å². The summed E-state index contributed by atoms with van der Waals surface area (Å²) in [5, 5.41) is 7.01. The van der Waals surface area contributed by atoms with Crippen LogP contribution in [0, 0.1) is 5.92 Å². The lowest BCUT2D eigenvalue weighted by molar-refractivity contribution is 0.324. The number of hydrogen-bond acceptors (Lipinski definition) is 2. The molecule has 138 valence electrons. The molecule has 1 unspecified atom stereocenters. The topological polar surface area (TPSA) is 39.7 Å². The molecule has 1 saturated carbocycles. The van der Waals surface area contributed by atoms with Crippen molar-refractivity contribution in [2.24, 2.45) is 10.9 Å². The maximum atomic E-state index is 4.92. The van der Waals surface area contributed by atoms with Crippen molar-refractivity contribution in [1.29, 1.82) is 0 Å². The van der Waals surface area contributed by atoms with Crippen LogP contribution in [0.2, 0.25) is 0 Å². The van der Waals surface area contributed by atoms with Crippen LogP contribution in [0.15, 0.2) is 35.3 Å². The van der Waals surface area contributed by atoms with Crippen LogP contribution in [-0.2, 0) is 5.41 Å². The third-order valence-corrected chi connectivity index (χ3v) is 5.59. The monoisotopic (exact) mass is 342 g/mol. The Morgan fingerprint density at radius 1 is 1.20 bits per heavy atom. The summed E-state index contributed by atoms with van der Waals surface area (Å²) in [6.45, 7) is 11.0. The number of guanidine groups is 1. The number of nitrogens with zero attached hydrogens (tertiary/aromatic N) is 2. The molecule has 1 heterocycles. The van der Waals surface area contributed by atoms with Crippen LogP contribution < -0.4 is 10.6 Å². The molecule has 0 spiro atoms. The molecule has 4 heteroatoms. The highest BCUT2D eigenvalue weighted by molar-refractivity contribution is 5.79. The van der Waals surface area contributed by atoms with E-state index in [0.717, 1.165) is 31.5 Å². The molecular formula is C21H34N4. The highest BCUT2D eigenvalue weighted by Crippen LogP contribution is 2.48. The van der Waals surface area contributed by atoms with Gasteiger partial charge < -0.3 is 15.5 Å². The third kappa shape index (κ3) is 4.97. The normalized spacial score (nSPS) is 22.8. The minimum Gasteiger partial charge on any atom is -0.357 e. The van der Waals surface area contributed by atoms with Gasteiger partial charge in [-0.05, 0) is 57.2 Å². The van der Waals surface area contributed by atoms with Crippen molar-refractivity contribution in [2.45, 2.75) is 44.9 Å². The molecule has 3 rings (SSSR count). The molecule has 1 aliphatic carbocycles. The Bertz CT molecular complexity index is 550. The first kappa shape index (κ1) is 18.2. The van der Waals surface area contributed by atoms with Gasteiger partial charge in [0.1, 0.15) is 0 Å².